The molecule has 1 saturated carbocycles. The summed E-state index contributed by atoms with van der Waals surface area (Å²) in [7, 11) is -1.80. The summed E-state index contributed by atoms with van der Waals surface area (Å²) in [5, 5.41) is 5.55. The van der Waals surface area contributed by atoms with Gasteiger partial charge in [-0.2, -0.15) is 21.6 Å². The van der Waals surface area contributed by atoms with Crippen LogP contribution in [0.3, 0.4) is 0 Å². The van der Waals surface area contributed by atoms with Gasteiger partial charge in [-0.3, -0.25) is 18.9 Å². The fraction of sp³-hybridized carbons (Fsp3) is 0.333. The number of nitrogens with one attached hydrogen (secondary N) is 4. The van der Waals surface area contributed by atoms with Gasteiger partial charge in [-0.1, -0.05) is 12.1 Å². The zero-order valence-electron chi connectivity index (χ0n) is 23.1. The van der Waals surface area contributed by atoms with E-state index in [1.165, 1.54) is 32.2 Å². The molecular formula is C27H29F4N5O5S. The average Bonchev–Trinajstić information content (AvgIpc) is 3.71. The monoisotopic (exact) mass is 611 g/mol. The molecule has 1 heterocycles. The van der Waals surface area contributed by atoms with E-state index in [9.17, 15) is 35.6 Å². The van der Waals surface area contributed by atoms with Crippen molar-refractivity contribution in [3.05, 3.63) is 74.8 Å². The molecule has 0 saturated heterocycles. The van der Waals surface area contributed by atoms with Gasteiger partial charge in [0.15, 0.2) is 5.75 Å². The number of anilines is 3. The van der Waals surface area contributed by atoms with Crippen molar-refractivity contribution in [1.82, 2.24) is 14.6 Å². The summed E-state index contributed by atoms with van der Waals surface area (Å²) in [6.45, 7) is 3.01. The van der Waals surface area contributed by atoms with Crippen molar-refractivity contribution in [3.8, 4) is 11.5 Å². The van der Waals surface area contributed by atoms with E-state index in [-0.39, 0.29) is 34.4 Å². The number of halogens is 4. The van der Waals surface area contributed by atoms with E-state index in [0.29, 0.717) is 18.4 Å². The first-order chi connectivity index (χ1) is 19.6. The van der Waals surface area contributed by atoms with Crippen molar-refractivity contribution in [1.29, 1.82) is 0 Å². The number of rotatable bonds is 10. The van der Waals surface area contributed by atoms with Crippen LogP contribution >= 0.6 is 0 Å². The van der Waals surface area contributed by atoms with Crippen molar-refractivity contribution >= 4 is 33.3 Å². The van der Waals surface area contributed by atoms with Crippen LogP contribution in [0.2, 0.25) is 0 Å². The van der Waals surface area contributed by atoms with Gasteiger partial charge < -0.3 is 15.4 Å². The normalized spacial score (nSPS) is 13.5. The maximum atomic E-state index is 14.8. The van der Waals surface area contributed by atoms with E-state index in [1.54, 1.807) is 13.0 Å². The molecule has 0 atom stereocenters. The molecule has 3 aromatic rings. The minimum absolute atomic E-state index is 0.0629. The van der Waals surface area contributed by atoms with Gasteiger partial charge in [0.25, 0.3) is 21.7 Å². The molecule has 2 aromatic carbocycles. The van der Waals surface area contributed by atoms with Crippen LogP contribution in [0, 0.1) is 19.7 Å². The number of aryl methyl sites for hydroxylation is 1. The Morgan fingerprint density at radius 2 is 1.81 bits per heavy atom. The first-order valence-electron chi connectivity index (χ1n) is 12.8. The number of hydrogen-bond donors (Lipinski definition) is 4. The Morgan fingerprint density at radius 1 is 1.12 bits per heavy atom. The van der Waals surface area contributed by atoms with Crippen molar-refractivity contribution in [3.63, 3.8) is 0 Å². The predicted octanol–water partition coefficient (Wildman–Crippen LogP) is 4.55. The van der Waals surface area contributed by atoms with Gasteiger partial charge in [0, 0.05) is 25.7 Å². The number of amides is 1. The third kappa shape index (κ3) is 7.02. The van der Waals surface area contributed by atoms with Crippen molar-refractivity contribution in [2.24, 2.45) is 7.05 Å². The van der Waals surface area contributed by atoms with Crippen LogP contribution < -0.4 is 30.4 Å². The molecule has 1 fully saturated rings. The van der Waals surface area contributed by atoms with Crippen LogP contribution in [-0.2, 0) is 23.7 Å². The van der Waals surface area contributed by atoms with Crippen molar-refractivity contribution < 1.29 is 35.5 Å². The van der Waals surface area contributed by atoms with Gasteiger partial charge in [0.1, 0.15) is 22.9 Å². The Bertz CT molecular complexity index is 1700. The van der Waals surface area contributed by atoms with Gasteiger partial charge in [0.05, 0.1) is 23.4 Å². The SMILES string of the molecule is CNS(=O)(=O)Nc1cccc(Oc2c(C(=O)NC3CC3)c(Nc3ccc(C)cc3F)n(C)c(=O)c2C)c1CC(F)(F)F. The van der Waals surface area contributed by atoms with E-state index in [1.807, 2.05) is 9.44 Å². The quantitative estimate of drug-likeness (QED) is 0.249. The van der Waals surface area contributed by atoms with Crippen LogP contribution in [0.25, 0.3) is 0 Å². The molecule has 1 amide bonds. The lowest BCUT2D eigenvalue weighted by molar-refractivity contribution is -0.127. The number of hydrogen-bond acceptors (Lipinski definition) is 6. The Labute approximate surface area is 239 Å². The molecule has 0 radical (unpaired) electrons. The Hall–Kier alpha value is -4.11. The number of carbonyl (C=O) groups is 1. The topological polar surface area (TPSA) is 131 Å². The highest BCUT2D eigenvalue weighted by Crippen LogP contribution is 2.40. The molecule has 0 spiro atoms. The molecule has 4 N–H and O–H groups in total. The summed E-state index contributed by atoms with van der Waals surface area (Å²) in [6, 6.07) is 7.64. The smallest absolute Gasteiger partial charge is 0.393 e. The van der Waals surface area contributed by atoms with E-state index >= 15 is 0 Å². The minimum atomic E-state index is -4.79. The molecule has 0 aliphatic heterocycles. The Balaban J connectivity index is 1.93. The fourth-order valence-electron chi connectivity index (χ4n) is 4.18. The highest BCUT2D eigenvalue weighted by molar-refractivity contribution is 7.90. The molecule has 10 nitrogen and oxygen atoms in total. The molecule has 42 heavy (non-hydrogen) atoms. The first-order valence-corrected chi connectivity index (χ1v) is 14.2. The van der Waals surface area contributed by atoms with Crippen LogP contribution in [0.4, 0.5) is 34.8 Å². The number of ether oxygens (including phenoxy) is 1. The van der Waals surface area contributed by atoms with E-state index in [2.05, 4.69) is 10.6 Å². The molecule has 1 aromatic heterocycles. The summed E-state index contributed by atoms with van der Waals surface area (Å²) in [4.78, 5) is 26.8. The maximum Gasteiger partial charge on any atom is 0.393 e. The zero-order chi connectivity index (χ0) is 31.0. The summed E-state index contributed by atoms with van der Waals surface area (Å²) in [5.74, 6) is -2.36. The second-order valence-electron chi connectivity index (χ2n) is 9.88. The first kappa shape index (κ1) is 30.8. The number of nitrogens with zero attached hydrogens (tertiary/aromatic N) is 1. The number of benzene rings is 2. The summed E-state index contributed by atoms with van der Waals surface area (Å²) < 4.78 is 91.1. The predicted molar refractivity (Wildman–Crippen MR) is 149 cm³/mol. The molecule has 4 rings (SSSR count). The molecular weight excluding hydrogens is 582 g/mol. The molecule has 0 unspecified atom stereocenters. The second kappa shape index (κ2) is 11.6. The van der Waals surface area contributed by atoms with E-state index in [0.717, 1.165) is 23.7 Å². The Kier molecular flexibility index (Phi) is 8.55. The van der Waals surface area contributed by atoms with E-state index < -0.39 is 57.1 Å². The van der Waals surface area contributed by atoms with Crippen LogP contribution in [-0.4, -0.2) is 38.2 Å². The van der Waals surface area contributed by atoms with Gasteiger partial charge in [-0.25, -0.2) is 9.11 Å². The maximum absolute atomic E-state index is 14.8. The van der Waals surface area contributed by atoms with E-state index in [4.69, 9.17) is 4.74 Å². The molecule has 1 aliphatic rings. The molecule has 1 aliphatic carbocycles. The summed E-state index contributed by atoms with van der Waals surface area (Å²) in [5.41, 5.74) is -1.49. The number of carbonyl (C=O) groups excluding carboxylic acids is 1. The van der Waals surface area contributed by atoms with Gasteiger partial charge in [-0.05, 0) is 56.5 Å². The summed E-state index contributed by atoms with van der Waals surface area (Å²) in [6.07, 6.45) is -4.99. The Morgan fingerprint density at radius 3 is 2.40 bits per heavy atom. The van der Waals surface area contributed by atoms with Crippen LogP contribution in [0.1, 0.15) is 39.9 Å². The highest BCUT2D eigenvalue weighted by atomic mass is 32.2. The fourth-order valence-corrected chi connectivity index (χ4v) is 4.76. The number of alkyl halides is 3. The lowest BCUT2D eigenvalue weighted by Crippen LogP contribution is -2.32. The lowest BCUT2D eigenvalue weighted by atomic mass is 10.1. The lowest BCUT2D eigenvalue weighted by Gasteiger charge is -2.23. The van der Waals surface area contributed by atoms with Gasteiger partial charge >= 0.3 is 6.18 Å². The number of pyridine rings is 1. The molecule has 226 valence electrons. The second-order valence-corrected chi connectivity index (χ2v) is 11.5. The molecule has 0 bridgehead atoms. The van der Waals surface area contributed by atoms with Crippen molar-refractivity contribution in [2.45, 2.75) is 45.3 Å². The van der Waals surface area contributed by atoms with Gasteiger partial charge in [0.2, 0.25) is 0 Å². The highest BCUT2D eigenvalue weighted by Gasteiger charge is 2.34. The average molecular weight is 612 g/mol. The summed E-state index contributed by atoms with van der Waals surface area (Å²) >= 11 is 0. The standard InChI is InChI=1S/C27H29F4N5O5S/c1-14-8-11-20(18(28)12-14)34-24-22(25(37)33-16-9-10-16)23(15(2)26(38)36(24)4)41-21-7-5-6-19(35-42(39,40)32-3)17(21)13-27(29,30)31/h5-8,11-12,16,32,34-35H,9-10,13H2,1-4H3,(H,33,37). The minimum Gasteiger partial charge on any atom is -0.456 e. The third-order valence-corrected chi connectivity index (χ3v) is 7.54. The molecule has 15 heteroatoms. The van der Waals surface area contributed by atoms with Gasteiger partial charge in [-0.15, -0.1) is 0 Å². The largest absolute Gasteiger partial charge is 0.456 e. The third-order valence-electron chi connectivity index (χ3n) is 6.52. The van der Waals surface area contributed by atoms with Crippen LogP contribution in [0.5, 0.6) is 11.5 Å². The van der Waals surface area contributed by atoms with Crippen LogP contribution in [0.15, 0.2) is 41.2 Å². The number of aromatic nitrogens is 1. The zero-order valence-corrected chi connectivity index (χ0v) is 23.9. The van der Waals surface area contributed by atoms with Crippen molar-refractivity contribution in [2.75, 3.05) is 17.1 Å².